The fourth-order valence-electron chi connectivity index (χ4n) is 2.71. The van der Waals surface area contributed by atoms with Crippen molar-refractivity contribution in [3.8, 4) is 23.0 Å². The predicted octanol–water partition coefficient (Wildman–Crippen LogP) is 3.23. The molecule has 9 nitrogen and oxygen atoms in total. The molecule has 35 heavy (non-hydrogen) atoms. The molecule has 9 heteroatoms. The van der Waals surface area contributed by atoms with E-state index in [9.17, 15) is 15.0 Å². The van der Waals surface area contributed by atoms with Crippen molar-refractivity contribution in [2.75, 3.05) is 0 Å². The van der Waals surface area contributed by atoms with Gasteiger partial charge in [-0.05, 0) is 71.8 Å². The molecule has 2 aromatic heterocycles. The van der Waals surface area contributed by atoms with Gasteiger partial charge in [-0.1, -0.05) is 0 Å². The summed E-state index contributed by atoms with van der Waals surface area (Å²) in [5, 5.41) is 39.8. The normalized spacial score (nSPS) is 9.74. The highest BCUT2D eigenvalue weighted by Gasteiger charge is 2.02. The first-order chi connectivity index (χ1) is 16.9. The molecular formula is C26H28N4O5. The number of phenols is 4. The third-order valence-electron chi connectivity index (χ3n) is 4.58. The van der Waals surface area contributed by atoms with Gasteiger partial charge in [0, 0.05) is 50.0 Å². The van der Waals surface area contributed by atoms with E-state index in [1.807, 2.05) is 24.3 Å². The summed E-state index contributed by atoms with van der Waals surface area (Å²) in [7, 11) is 0. The number of aromatic nitrogens is 2. The average Bonchev–Trinajstić information content (AvgIpc) is 2.89. The van der Waals surface area contributed by atoms with Crippen LogP contribution >= 0.6 is 0 Å². The number of aldehydes is 1. The molecule has 0 saturated heterocycles. The Morgan fingerprint density at radius 3 is 1.77 bits per heavy atom. The molecule has 4 aromatic rings. The quantitative estimate of drug-likeness (QED) is 0.181. The van der Waals surface area contributed by atoms with Gasteiger partial charge in [0.25, 0.3) is 0 Å². The van der Waals surface area contributed by atoms with E-state index in [4.69, 9.17) is 15.9 Å². The first kappa shape index (κ1) is 26.8. The van der Waals surface area contributed by atoms with Crippen LogP contribution in [-0.2, 0) is 19.6 Å². The van der Waals surface area contributed by atoms with E-state index in [0.717, 1.165) is 11.1 Å². The fourth-order valence-corrected chi connectivity index (χ4v) is 2.71. The highest BCUT2D eigenvalue weighted by atomic mass is 16.3. The number of nitrogens with two attached hydrogens (primary N) is 1. The predicted molar refractivity (Wildman–Crippen MR) is 132 cm³/mol. The Balaban J connectivity index is 0.000000204. The second-order valence-electron chi connectivity index (χ2n) is 7.19. The topological polar surface area (TPSA) is 162 Å². The second kappa shape index (κ2) is 14.6. The van der Waals surface area contributed by atoms with Gasteiger partial charge in [0.1, 0.15) is 23.0 Å². The van der Waals surface area contributed by atoms with Gasteiger partial charge in [0.05, 0.1) is 5.56 Å². The molecule has 0 unspecified atom stereocenters. The van der Waals surface area contributed by atoms with Gasteiger partial charge in [0.15, 0.2) is 6.29 Å². The number of hydrogen-bond acceptors (Lipinski definition) is 9. The van der Waals surface area contributed by atoms with Crippen molar-refractivity contribution < 1.29 is 25.2 Å². The maximum atomic E-state index is 10.1. The van der Waals surface area contributed by atoms with Crippen molar-refractivity contribution in [2.45, 2.75) is 19.6 Å². The summed E-state index contributed by atoms with van der Waals surface area (Å²) in [6.45, 7) is 1.79. The van der Waals surface area contributed by atoms with Gasteiger partial charge in [-0.3, -0.25) is 14.8 Å². The van der Waals surface area contributed by atoms with E-state index in [2.05, 4.69) is 15.3 Å². The Labute approximate surface area is 203 Å². The Hall–Kier alpha value is -4.47. The fraction of sp³-hybridized carbons (Fsp3) is 0.115. The number of pyridine rings is 2. The lowest BCUT2D eigenvalue weighted by atomic mass is 10.2. The molecule has 0 radical (unpaired) electrons. The molecular weight excluding hydrogens is 448 g/mol. The minimum Gasteiger partial charge on any atom is -0.508 e. The summed E-state index contributed by atoms with van der Waals surface area (Å²) in [4.78, 5) is 17.9. The molecule has 2 aromatic carbocycles. The Bertz CT molecular complexity index is 1170. The van der Waals surface area contributed by atoms with Crippen LogP contribution in [0.25, 0.3) is 0 Å². The molecule has 0 amide bonds. The van der Waals surface area contributed by atoms with Gasteiger partial charge in [-0.15, -0.1) is 0 Å². The van der Waals surface area contributed by atoms with Gasteiger partial charge in [-0.2, -0.15) is 0 Å². The molecule has 7 N–H and O–H groups in total. The van der Waals surface area contributed by atoms with Crippen LogP contribution in [-0.4, -0.2) is 36.7 Å². The minimum atomic E-state index is -0.118. The highest BCUT2D eigenvalue weighted by Crippen LogP contribution is 2.22. The first-order valence-electron chi connectivity index (χ1n) is 10.6. The molecule has 0 aliphatic rings. The standard InChI is InChI=1S/C13H14N2O2.C7H6O3.C6H8N2/c16-12-1-2-13(17)11(7-12)9-15-8-10-3-5-14-6-4-10;8-4-5-3-6(9)1-2-7(5)10;7-5-6-1-3-8-4-2-6/h1-7,15-17H,8-9H2;1-4,9-10H;1-4H,5,7H2. The summed E-state index contributed by atoms with van der Waals surface area (Å²) >= 11 is 0. The van der Waals surface area contributed by atoms with Crippen LogP contribution in [0, 0.1) is 0 Å². The van der Waals surface area contributed by atoms with Crippen molar-refractivity contribution >= 4 is 6.29 Å². The van der Waals surface area contributed by atoms with Crippen LogP contribution in [0.1, 0.15) is 27.0 Å². The molecule has 2 heterocycles. The van der Waals surface area contributed by atoms with Crippen LogP contribution in [0.15, 0.2) is 85.5 Å². The lowest BCUT2D eigenvalue weighted by Crippen LogP contribution is -2.12. The van der Waals surface area contributed by atoms with Crippen LogP contribution in [0.3, 0.4) is 0 Å². The molecule has 0 spiro atoms. The van der Waals surface area contributed by atoms with E-state index >= 15 is 0 Å². The molecule has 0 atom stereocenters. The van der Waals surface area contributed by atoms with Crippen LogP contribution < -0.4 is 11.1 Å². The average molecular weight is 477 g/mol. The highest BCUT2D eigenvalue weighted by molar-refractivity contribution is 5.79. The zero-order chi connectivity index (χ0) is 25.5. The summed E-state index contributed by atoms with van der Waals surface area (Å²) < 4.78 is 0. The number of phenolic OH excluding ortho intramolecular Hbond substituents is 4. The molecule has 0 bridgehead atoms. The number of rotatable bonds is 6. The van der Waals surface area contributed by atoms with Crippen molar-refractivity contribution in [1.82, 2.24) is 15.3 Å². The number of nitrogens with zero attached hydrogens (tertiary/aromatic N) is 2. The van der Waals surface area contributed by atoms with E-state index in [1.165, 1.54) is 30.3 Å². The summed E-state index contributed by atoms with van der Waals surface area (Å²) in [6.07, 6.45) is 7.44. The van der Waals surface area contributed by atoms with Gasteiger partial charge in [-0.25, -0.2) is 0 Å². The Kier molecular flexibility index (Phi) is 11.2. The summed E-state index contributed by atoms with van der Waals surface area (Å²) in [5.74, 6) is 0.196. The summed E-state index contributed by atoms with van der Waals surface area (Å²) in [5.41, 5.74) is 8.35. The van der Waals surface area contributed by atoms with Crippen LogP contribution in [0.2, 0.25) is 0 Å². The van der Waals surface area contributed by atoms with E-state index in [1.54, 1.807) is 30.9 Å². The number of carbonyl (C=O) groups excluding carboxylic acids is 1. The van der Waals surface area contributed by atoms with Gasteiger partial charge < -0.3 is 31.5 Å². The van der Waals surface area contributed by atoms with E-state index in [-0.39, 0.29) is 28.6 Å². The zero-order valence-corrected chi connectivity index (χ0v) is 19.0. The minimum absolute atomic E-state index is 0.0279. The van der Waals surface area contributed by atoms with Crippen molar-refractivity contribution in [2.24, 2.45) is 5.73 Å². The number of benzene rings is 2. The molecule has 4 rings (SSSR count). The second-order valence-corrected chi connectivity index (χ2v) is 7.19. The van der Waals surface area contributed by atoms with Crippen LogP contribution in [0.5, 0.6) is 23.0 Å². The Morgan fingerprint density at radius 1 is 0.714 bits per heavy atom. The molecule has 0 aliphatic heterocycles. The summed E-state index contributed by atoms with van der Waals surface area (Å²) in [6, 6.07) is 15.9. The molecule has 0 aliphatic carbocycles. The molecule has 0 saturated carbocycles. The number of hydrogen-bond donors (Lipinski definition) is 6. The molecule has 0 fully saturated rings. The van der Waals surface area contributed by atoms with Gasteiger partial charge >= 0.3 is 0 Å². The van der Waals surface area contributed by atoms with Gasteiger partial charge in [0.2, 0.25) is 0 Å². The number of aromatic hydroxyl groups is 4. The maximum absolute atomic E-state index is 10.1. The monoisotopic (exact) mass is 476 g/mol. The lowest BCUT2D eigenvalue weighted by molar-refractivity contribution is 0.112. The van der Waals surface area contributed by atoms with Crippen molar-refractivity contribution in [1.29, 1.82) is 0 Å². The SMILES string of the molecule is NCc1ccncc1.O=Cc1cc(O)ccc1O.Oc1ccc(O)c(CNCc2ccncc2)c1. The number of nitrogens with one attached hydrogen (secondary N) is 1. The zero-order valence-electron chi connectivity index (χ0n) is 19.0. The third kappa shape index (κ3) is 9.91. The smallest absolute Gasteiger partial charge is 0.153 e. The maximum Gasteiger partial charge on any atom is 0.153 e. The van der Waals surface area contributed by atoms with E-state index in [0.29, 0.717) is 31.5 Å². The number of carbonyl (C=O) groups is 1. The first-order valence-corrected chi connectivity index (χ1v) is 10.6. The third-order valence-corrected chi connectivity index (χ3v) is 4.58. The van der Waals surface area contributed by atoms with Crippen LogP contribution in [0.4, 0.5) is 0 Å². The molecule has 182 valence electrons. The van der Waals surface area contributed by atoms with Crippen molar-refractivity contribution in [3.05, 3.63) is 108 Å². The Morgan fingerprint density at radius 2 is 1.26 bits per heavy atom. The lowest BCUT2D eigenvalue weighted by Gasteiger charge is -2.07. The van der Waals surface area contributed by atoms with Crippen molar-refractivity contribution in [3.63, 3.8) is 0 Å². The largest absolute Gasteiger partial charge is 0.508 e. The van der Waals surface area contributed by atoms with E-state index < -0.39 is 0 Å².